The molecular formula is C7H12Na3O3P. The van der Waals surface area contributed by atoms with Crippen LogP contribution < -0.4 is 0 Å². The van der Waals surface area contributed by atoms with Crippen LogP contribution in [0.1, 0.15) is 11.4 Å². The van der Waals surface area contributed by atoms with E-state index in [0.717, 1.165) is 0 Å². The number of aliphatic hydroxyl groups excluding tert-OH is 1. The van der Waals surface area contributed by atoms with Gasteiger partial charge in [-0.25, -0.2) is 0 Å². The van der Waals surface area contributed by atoms with Gasteiger partial charge in [-0.05, 0) is 5.56 Å². The molecule has 0 aliphatic rings. The van der Waals surface area contributed by atoms with Gasteiger partial charge in [0.2, 0.25) is 8.03 Å². The Bertz CT molecular complexity index is 258. The van der Waals surface area contributed by atoms with Gasteiger partial charge in [0.1, 0.15) is 0 Å². The van der Waals surface area contributed by atoms with E-state index in [-0.39, 0.29) is 88.7 Å². The van der Waals surface area contributed by atoms with Crippen molar-refractivity contribution in [1.29, 1.82) is 0 Å². The molecule has 0 amide bonds. The molecule has 2 unspecified atom stereocenters. The Morgan fingerprint density at radius 1 is 1.07 bits per heavy atom. The maximum atomic E-state index is 10.4. The standard InChI is InChI=1S/C7H9O3P.3Na.3H/c8-7(11(9)10)6-4-2-1-3-5-6;;;;;;/h1-5,7-8,11H,(H,9,10);;;;;;. The molecule has 1 aromatic rings. The first-order chi connectivity index (χ1) is 5.22. The Morgan fingerprint density at radius 2 is 1.50 bits per heavy atom. The Balaban J connectivity index is -0.000000403. The third kappa shape index (κ3) is 7.61. The number of rotatable bonds is 2. The van der Waals surface area contributed by atoms with E-state index in [9.17, 15) is 4.57 Å². The summed E-state index contributed by atoms with van der Waals surface area (Å²) in [5.41, 5.74) is 0.485. The minimum atomic E-state index is -2.86. The van der Waals surface area contributed by atoms with E-state index in [2.05, 4.69) is 0 Å². The minimum absolute atomic E-state index is 0. The van der Waals surface area contributed by atoms with Crippen molar-refractivity contribution < 1.29 is 14.6 Å². The van der Waals surface area contributed by atoms with Gasteiger partial charge in [-0.3, -0.25) is 4.57 Å². The van der Waals surface area contributed by atoms with Crippen LogP contribution in [0.25, 0.3) is 0 Å². The summed E-state index contributed by atoms with van der Waals surface area (Å²) in [6.07, 6.45) is 0. The van der Waals surface area contributed by atoms with Gasteiger partial charge < -0.3 is 10.00 Å². The van der Waals surface area contributed by atoms with Gasteiger partial charge in [0.25, 0.3) is 0 Å². The van der Waals surface area contributed by atoms with Crippen molar-refractivity contribution in [3.63, 3.8) is 0 Å². The molecule has 0 spiro atoms. The van der Waals surface area contributed by atoms with E-state index in [1.54, 1.807) is 30.3 Å². The summed E-state index contributed by atoms with van der Waals surface area (Å²) in [7, 11) is -2.86. The summed E-state index contributed by atoms with van der Waals surface area (Å²) in [6.45, 7) is 0. The summed E-state index contributed by atoms with van der Waals surface area (Å²) in [4.78, 5) is 8.57. The molecule has 0 saturated carbocycles. The molecule has 1 rings (SSSR count). The van der Waals surface area contributed by atoms with E-state index in [0.29, 0.717) is 5.56 Å². The Kier molecular flexibility index (Phi) is 18.3. The zero-order chi connectivity index (χ0) is 8.27. The second-order valence-electron chi connectivity index (χ2n) is 2.15. The SMILES string of the molecule is O=[PH](O)C(O)c1ccccc1.[NaH].[NaH].[NaH]. The normalized spacial score (nSPS) is 12.4. The first kappa shape index (κ1) is 21.6. The summed E-state index contributed by atoms with van der Waals surface area (Å²) in [6, 6.07) is 8.43. The molecule has 2 N–H and O–H groups in total. The summed E-state index contributed by atoms with van der Waals surface area (Å²) in [5, 5.41) is 9.08. The molecule has 0 fully saturated rings. The first-order valence-corrected chi connectivity index (χ1v) is 4.61. The van der Waals surface area contributed by atoms with Crippen molar-refractivity contribution in [2.45, 2.75) is 5.85 Å². The molecule has 66 valence electrons. The number of aliphatic hydroxyl groups is 1. The number of hydrogen-bond acceptors (Lipinski definition) is 2. The predicted molar refractivity (Wildman–Crippen MR) is 64.1 cm³/mol. The Morgan fingerprint density at radius 3 is 1.86 bits per heavy atom. The van der Waals surface area contributed by atoms with E-state index >= 15 is 0 Å². The third-order valence-electron chi connectivity index (χ3n) is 1.35. The number of hydrogen-bond donors (Lipinski definition) is 2. The van der Waals surface area contributed by atoms with E-state index in [4.69, 9.17) is 10.00 Å². The van der Waals surface area contributed by atoms with Gasteiger partial charge in [-0.1, -0.05) is 30.3 Å². The van der Waals surface area contributed by atoms with Crippen LogP contribution in [0.2, 0.25) is 0 Å². The summed E-state index contributed by atoms with van der Waals surface area (Å²) < 4.78 is 10.4. The van der Waals surface area contributed by atoms with Crippen LogP contribution in [-0.2, 0) is 4.57 Å². The topological polar surface area (TPSA) is 57.5 Å². The average Bonchev–Trinajstić information content (AvgIpc) is 2.05. The van der Waals surface area contributed by atoms with Crippen LogP contribution in [0.4, 0.5) is 0 Å². The molecule has 0 radical (unpaired) electrons. The van der Waals surface area contributed by atoms with Crippen LogP contribution in [0.15, 0.2) is 30.3 Å². The van der Waals surface area contributed by atoms with Gasteiger partial charge in [-0.2, -0.15) is 0 Å². The van der Waals surface area contributed by atoms with Gasteiger partial charge in [0.05, 0.1) is 0 Å². The zero-order valence-corrected chi connectivity index (χ0v) is 6.77. The second kappa shape index (κ2) is 11.8. The molecule has 0 saturated heterocycles. The monoisotopic (exact) mass is 244 g/mol. The van der Waals surface area contributed by atoms with Crippen LogP contribution in [0.3, 0.4) is 0 Å². The summed E-state index contributed by atoms with van der Waals surface area (Å²) >= 11 is 0. The van der Waals surface area contributed by atoms with Crippen LogP contribution in [0, 0.1) is 0 Å². The fourth-order valence-electron chi connectivity index (χ4n) is 0.778. The second-order valence-corrected chi connectivity index (χ2v) is 3.37. The van der Waals surface area contributed by atoms with Gasteiger partial charge in [0.15, 0.2) is 5.85 Å². The molecule has 0 aromatic heterocycles. The number of benzene rings is 1. The van der Waals surface area contributed by atoms with Gasteiger partial charge in [-0.15, -0.1) is 0 Å². The van der Waals surface area contributed by atoms with Crippen molar-refractivity contribution in [3.05, 3.63) is 35.9 Å². The Hall–Kier alpha value is 2.37. The van der Waals surface area contributed by atoms with Crippen molar-refractivity contribution in [3.8, 4) is 0 Å². The Labute approximate surface area is 150 Å². The molecule has 0 aliphatic heterocycles. The van der Waals surface area contributed by atoms with Crippen LogP contribution in [0.5, 0.6) is 0 Å². The third-order valence-corrected chi connectivity index (χ3v) is 2.15. The van der Waals surface area contributed by atoms with E-state index in [1.807, 2.05) is 0 Å². The molecule has 7 heteroatoms. The zero-order valence-electron chi connectivity index (χ0n) is 5.77. The average molecular weight is 244 g/mol. The quantitative estimate of drug-likeness (QED) is 0.529. The van der Waals surface area contributed by atoms with Gasteiger partial charge >= 0.3 is 88.7 Å². The van der Waals surface area contributed by atoms with Crippen molar-refractivity contribution in [1.82, 2.24) is 0 Å². The van der Waals surface area contributed by atoms with Gasteiger partial charge in [0, 0.05) is 0 Å². The fourth-order valence-corrected chi connectivity index (χ4v) is 1.26. The predicted octanol–water partition coefficient (Wildman–Crippen LogP) is -0.801. The molecular weight excluding hydrogens is 232 g/mol. The fraction of sp³-hybridized carbons (Fsp3) is 0.143. The summed E-state index contributed by atoms with van der Waals surface area (Å²) in [5.74, 6) is -1.22. The molecule has 0 bridgehead atoms. The molecule has 0 aliphatic carbocycles. The van der Waals surface area contributed by atoms with Crippen molar-refractivity contribution in [2.24, 2.45) is 0 Å². The van der Waals surface area contributed by atoms with E-state index in [1.165, 1.54) is 0 Å². The molecule has 2 atom stereocenters. The molecule has 0 heterocycles. The molecule has 1 aromatic carbocycles. The van der Waals surface area contributed by atoms with E-state index < -0.39 is 13.9 Å². The van der Waals surface area contributed by atoms with Crippen molar-refractivity contribution in [2.75, 3.05) is 0 Å². The first-order valence-electron chi connectivity index (χ1n) is 3.17. The molecule has 3 nitrogen and oxygen atoms in total. The van der Waals surface area contributed by atoms with Crippen molar-refractivity contribution >= 4 is 96.7 Å². The van der Waals surface area contributed by atoms with Crippen LogP contribution >= 0.6 is 8.03 Å². The van der Waals surface area contributed by atoms with Crippen LogP contribution in [-0.4, -0.2) is 98.7 Å². The maximum absolute atomic E-state index is 10.4. The molecule has 14 heavy (non-hydrogen) atoms.